The van der Waals surface area contributed by atoms with Crippen LogP contribution >= 0.6 is 0 Å². The van der Waals surface area contributed by atoms with Crippen LogP contribution in [0, 0.1) is 19.8 Å². The summed E-state index contributed by atoms with van der Waals surface area (Å²) in [6.07, 6.45) is 0.386. The van der Waals surface area contributed by atoms with Gasteiger partial charge in [-0.15, -0.1) is 0 Å². The number of rotatable bonds is 12. The minimum absolute atomic E-state index is 0.0891. The van der Waals surface area contributed by atoms with Crippen LogP contribution in [0.5, 0.6) is 0 Å². The maximum absolute atomic E-state index is 14.1. The van der Waals surface area contributed by atoms with Crippen molar-refractivity contribution in [1.82, 2.24) is 10.2 Å². The molecular weight excluding hydrogens is 510 g/mol. The summed E-state index contributed by atoms with van der Waals surface area (Å²) in [5.41, 5.74) is 3.15. The van der Waals surface area contributed by atoms with E-state index in [1.807, 2.05) is 65.0 Å². The Kier molecular flexibility index (Phi) is 10.3. The fourth-order valence-electron chi connectivity index (χ4n) is 4.38. The molecule has 1 atom stereocenters. The Hall–Kier alpha value is -3.65. The number of hydrogen-bond donors (Lipinski definition) is 1. The van der Waals surface area contributed by atoms with Gasteiger partial charge in [0.2, 0.25) is 11.8 Å². The van der Waals surface area contributed by atoms with Gasteiger partial charge in [0.25, 0.3) is 10.0 Å². The Bertz CT molecular complexity index is 1370. The monoisotopic (exact) mass is 549 g/mol. The van der Waals surface area contributed by atoms with Crippen LogP contribution in [0.15, 0.2) is 83.8 Å². The Morgan fingerprint density at radius 3 is 2.10 bits per heavy atom. The molecule has 0 bridgehead atoms. The second-order valence-corrected chi connectivity index (χ2v) is 12.1. The van der Waals surface area contributed by atoms with E-state index >= 15 is 0 Å². The molecule has 0 spiro atoms. The molecule has 1 unspecified atom stereocenters. The lowest BCUT2D eigenvalue weighted by Gasteiger charge is -2.33. The number of carbonyl (C=O) groups is 2. The number of aryl methyl sites for hydroxylation is 2. The summed E-state index contributed by atoms with van der Waals surface area (Å²) in [5, 5.41) is 2.95. The van der Waals surface area contributed by atoms with Gasteiger partial charge in [0, 0.05) is 13.1 Å². The van der Waals surface area contributed by atoms with Gasteiger partial charge >= 0.3 is 0 Å². The lowest BCUT2D eigenvalue weighted by molar-refractivity contribution is -0.140. The quantitative estimate of drug-likeness (QED) is 0.341. The Balaban J connectivity index is 2.04. The van der Waals surface area contributed by atoms with Crippen molar-refractivity contribution in [3.05, 3.63) is 95.6 Å². The summed E-state index contributed by atoms with van der Waals surface area (Å²) in [6, 6.07) is 22.1. The van der Waals surface area contributed by atoms with Gasteiger partial charge in [-0.05, 0) is 61.6 Å². The number of hydrogen-bond acceptors (Lipinski definition) is 4. The number of amides is 2. The van der Waals surface area contributed by atoms with Gasteiger partial charge in [-0.1, -0.05) is 80.9 Å². The zero-order valence-electron chi connectivity index (χ0n) is 23.4. The second-order valence-electron chi connectivity index (χ2n) is 10.2. The Morgan fingerprint density at radius 1 is 0.872 bits per heavy atom. The molecular formula is C31H39N3O4S. The smallest absolute Gasteiger partial charge is 0.264 e. The molecule has 0 radical (unpaired) electrons. The summed E-state index contributed by atoms with van der Waals surface area (Å²) < 4.78 is 28.8. The number of anilines is 1. The highest BCUT2D eigenvalue weighted by Crippen LogP contribution is 2.25. The standard InChI is InChI=1S/C31H39N3O4S/c1-6-29(31(36)32-20-23(2)3)33(21-26-14-10-12-24(4)18-26)30(35)22-34(27-15-11-13-25(5)19-27)39(37,38)28-16-8-7-9-17-28/h7-19,23,29H,6,20-22H2,1-5H3,(H,32,36). The molecule has 0 aliphatic carbocycles. The Morgan fingerprint density at radius 2 is 1.51 bits per heavy atom. The Labute approximate surface area is 232 Å². The zero-order chi connectivity index (χ0) is 28.6. The van der Waals surface area contributed by atoms with Gasteiger partial charge in [0.05, 0.1) is 10.6 Å². The summed E-state index contributed by atoms with van der Waals surface area (Å²) in [4.78, 5) is 28.9. The maximum Gasteiger partial charge on any atom is 0.264 e. The zero-order valence-corrected chi connectivity index (χ0v) is 24.2. The molecule has 0 aromatic heterocycles. The first-order valence-corrected chi connectivity index (χ1v) is 14.7. The first-order chi connectivity index (χ1) is 18.5. The first kappa shape index (κ1) is 29.9. The van der Waals surface area contributed by atoms with Gasteiger partial charge in [-0.3, -0.25) is 13.9 Å². The highest BCUT2D eigenvalue weighted by atomic mass is 32.2. The van der Waals surface area contributed by atoms with Gasteiger partial charge in [0.15, 0.2) is 0 Å². The van der Waals surface area contributed by atoms with Gasteiger partial charge in [-0.2, -0.15) is 0 Å². The van der Waals surface area contributed by atoms with Crippen molar-refractivity contribution < 1.29 is 18.0 Å². The van der Waals surface area contributed by atoms with E-state index in [0.717, 1.165) is 21.0 Å². The van der Waals surface area contributed by atoms with Crippen LogP contribution in [0.3, 0.4) is 0 Å². The highest BCUT2D eigenvalue weighted by Gasteiger charge is 2.33. The summed E-state index contributed by atoms with van der Waals surface area (Å²) >= 11 is 0. The molecule has 0 saturated carbocycles. The van der Waals surface area contributed by atoms with Crippen molar-refractivity contribution >= 4 is 27.5 Å². The van der Waals surface area contributed by atoms with E-state index in [0.29, 0.717) is 18.7 Å². The SMILES string of the molecule is CCC(C(=O)NCC(C)C)N(Cc1cccc(C)c1)C(=O)CN(c1cccc(C)c1)S(=O)(=O)c1ccccc1. The van der Waals surface area contributed by atoms with E-state index in [-0.39, 0.29) is 23.3 Å². The molecule has 208 valence electrons. The van der Waals surface area contributed by atoms with Crippen molar-refractivity contribution in [2.75, 3.05) is 17.4 Å². The van der Waals surface area contributed by atoms with Crippen LogP contribution in [-0.2, 0) is 26.2 Å². The lowest BCUT2D eigenvalue weighted by atomic mass is 10.1. The molecule has 3 aromatic carbocycles. The molecule has 8 heteroatoms. The van der Waals surface area contributed by atoms with E-state index in [2.05, 4.69) is 5.32 Å². The van der Waals surface area contributed by atoms with E-state index < -0.39 is 28.5 Å². The highest BCUT2D eigenvalue weighted by molar-refractivity contribution is 7.92. The molecule has 2 amide bonds. The molecule has 0 saturated heterocycles. The molecule has 7 nitrogen and oxygen atoms in total. The summed E-state index contributed by atoms with van der Waals surface area (Å²) in [6.45, 7) is 9.93. The molecule has 1 N–H and O–H groups in total. The van der Waals surface area contributed by atoms with Crippen molar-refractivity contribution in [2.45, 2.75) is 58.5 Å². The summed E-state index contributed by atoms with van der Waals surface area (Å²) in [5.74, 6) is -0.454. The van der Waals surface area contributed by atoms with Crippen molar-refractivity contribution in [3.63, 3.8) is 0 Å². The largest absolute Gasteiger partial charge is 0.354 e. The molecule has 39 heavy (non-hydrogen) atoms. The molecule has 0 aliphatic rings. The van der Waals surface area contributed by atoms with E-state index in [9.17, 15) is 18.0 Å². The molecule has 0 heterocycles. The number of nitrogens with zero attached hydrogens (tertiary/aromatic N) is 2. The third-order valence-corrected chi connectivity index (χ3v) is 8.19. The van der Waals surface area contributed by atoms with Gasteiger partial charge in [0.1, 0.15) is 12.6 Å². The number of sulfonamides is 1. The average molecular weight is 550 g/mol. The van der Waals surface area contributed by atoms with E-state index in [4.69, 9.17) is 0 Å². The summed E-state index contributed by atoms with van der Waals surface area (Å²) in [7, 11) is -4.07. The maximum atomic E-state index is 14.1. The molecule has 0 aliphatic heterocycles. The minimum atomic E-state index is -4.07. The predicted molar refractivity (Wildman–Crippen MR) is 156 cm³/mol. The van der Waals surface area contributed by atoms with Crippen molar-refractivity contribution in [1.29, 1.82) is 0 Å². The van der Waals surface area contributed by atoms with Crippen molar-refractivity contribution in [3.8, 4) is 0 Å². The second kappa shape index (κ2) is 13.4. The number of nitrogens with one attached hydrogen (secondary N) is 1. The van der Waals surface area contributed by atoms with Crippen LogP contribution < -0.4 is 9.62 Å². The van der Waals surface area contributed by atoms with Crippen LogP contribution in [0.4, 0.5) is 5.69 Å². The molecule has 3 rings (SSSR count). The van der Waals surface area contributed by atoms with Crippen LogP contribution in [0.1, 0.15) is 43.9 Å². The molecule has 0 fully saturated rings. The third kappa shape index (κ3) is 7.93. The average Bonchev–Trinajstić information content (AvgIpc) is 2.90. The normalized spacial score (nSPS) is 12.2. The minimum Gasteiger partial charge on any atom is -0.354 e. The van der Waals surface area contributed by atoms with E-state index in [1.165, 1.54) is 17.0 Å². The number of carbonyl (C=O) groups excluding carboxylic acids is 2. The van der Waals surface area contributed by atoms with Crippen molar-refractivity contribution in [2.24, 2.45) is 5.92 Å². The fourth-order valence-corrected chi connectivity index (χ4v) is 5.81. The lowest BCUT2D eigenvalue weighted by Crippen LogP contribution is -2.52. The van der Waals surface area contributed by atoms with E-state index in [1.54, 1.807) is 36.4 Å². The fraction of sp³-hybridized carbons (Fsp3) is 0.355. The third-order valence-electron chi connectivity index (χ3n) is 6.41. The van der Waals surface area contributed by atoms with Crippen LogP contribution in [0.2, 0.25) is 0 Å². The first-order valence-electron chi connectivity index (χ1n) is 13.3. The van der Waals surface area contributed by atoms with Gasteiger partial charge < -0.3 is 10.2 Å². The topological polar surface area (TPSA) is 86.8 Å². The van der Waals surface area contributed by atoms with Crippen LogP contribution in [-0.4, -0.2) is 44.3 Å². The van der Waals surface area contributed by atoms with Gasteiger partial charge in [-0.25, -0.2) is 8.42 Å². The predicted octanol–water partition coefficient (Wildman–Crippen LogP) is 5.08. The van der Waals surface area contributed by atoms with Crippen LogP contribution in [0.25, 0.3) is 0 Å². The molecule has 3 aromatic rings. The number of benzene rings is 3.